The SMILES string of the molecule is CCN(CC)c1ccc(-c2oc3cccc4c3c2C=CC4=O)cc1. The lowest BCUT2D eigenvalue weighted by Gasteiger charge is -2.21. The molecule has 0 N–H and O–H groups in total. The van der Waals surface area contributed by atoms with Gasteiger partial charge < -0.3 is 9.32 Å². The minimum atomic E-state index is 0.0392. The number of nitrogens with zero attached hydrogens (tertiary/aromatic N) is 1. The first-order valence-electron chi connectivity index (χ1n) is 8.36. The van der Waals surface area contributed by atoms with Gasteiger partial charge in [-0.25, -0.2) is 0 Å². The van der Waals surface area contributed by atoms with E-state index < -0.39 is 0 Å². The monoisotopic (exact) mass is 317 g/mol. The summed E-state index contributed by atoms with van der Waals surface area (Å²) in [5.74, 6) is 0.865. The predicted octanol–water partition coefficient (Wildman–Crippen LogP) is 5.16. The van der Waals surface area contributed by atoms with Crippen molar-refractivity contribution in [2.45, 2.75) is 13.8 Å². The number of hydrogen-bond acceptors (Lipinski definition) is 3. The largest absolute Gasteiger partial charge is 0.455 e. The van der Waals surface area contributed by atoms with Crippen LogP contribution in [0.15, 0.2) is 53.0 Å². The van der Waals surface area contributed by atoms with Gasteiger partial charge in [-0.3, -0.25) is 4.79 Å². The molecule has 4 rings (SSSR count). The van der Waals surface area contributed by atoms with Crippen LogP contribution in [-0.2, 0) is 0 Å². The average molecular weight is 317 g/mol. The number of rotatable bonds is 4. The zero-order valence-electron chi connectivity index (χ0n) is 13.9. The standard InChI is InChI=1S/C21H19NO2/c1-3-22(4-2)15-10-8-14(9-11-15)21-17-12-13-18(23)16-6-5-7-19(24-21)20(16)17/h5-13H,3-4H2,1-2H3. The third kappa shape index (κ3) is 2.16. The van der Waals surface area contributed by atoms with Crippen molar-refractivity contribution in [1.29, 1.82) is 0 Å². The summed E-state index contributed by atoms with van der Waals surface area (Å²) in [5.41, 5.74) is 4.72. The van der Waals surface area contributed by atoms with Crippen molar-refractivity contribution < 1.29 is 9.21 Å². The highest BCUT2D eigenvalue weighted by Gasteiger charge is 2.22. The zero-order valence-corrected chi connectivity index (χ0v) is 13.9. The minimum Gasteiger partial charge on any atom is -0.455 e. The third-order valence-corrected chi connectivity index (χ3v) is 4.68. The fourth-order valence-corrected chi connectivity index (χ4v) is 3.41. The molecule has 0 bridgehead atoms. The van der Waals surface area contributed by atoms with Gasteiger partial charge in [0, 0.05) is 40.9 Å². The van der Waals surface area contributed by atoms with E-state index in [1.807, 2.05) is 24.3 Å². The topological polar surface area (TPSA) is 33.5 Å². The molecule has 3 nitrogen and oxygen atoms in total. The first-order chi connectivity index (χ1) is 11.7. The van der Waals surface area contributed by atoms with Crippen LogP contribution in [0, 0.1) is 0 Å². The van der Waals surface area contributed by atoms with Gasteiger partial charge in [-0.1, -0.05) is 12.1 Å². The highest BCUT2D eigenvalue weighted by atomic mass is 16.3. The average Bonchev–Trinajstić information content (AvgIpc) is 3.00. The number of anilines is 1. The van der Waals surface area contributed by atoms with Crippen molar-refractivity contribution in [3.05, 3.63) is 59.7 Å². The summed E-state index contributed by atoms with van der Waals surface area (Å²) < 4.78 is 6.08. The Hall–Kier alpha value is -2.81. The number of benzene rings is 2. The second-order valence-corrected chi connectivity index (χ2v) is 5.94. The number of hydrogen-bond donors (Lipinski definition) is 0. The van der Waals surface area contributed by atoms with Crippen molar-refractivity contribution in [2.75, 3.05) is 18.0 Å². The van der Waals surface area contributed by atoms with Crippen molar-refractivity contribution in [3.63, 3.8) is 0 Å². The molecule has 120 valence electrons. The molecule has 0 saturated heterocycles. The summed E-state index contributed by atoms with van der Waals surface area (Å²) >= 11 is 0. The van der Waals surface area contributed by atoms with Crippen LogP contribution in [0.1, 0.15) is 29.8 Å². The van der Waals surface area contributed by atoms with Gasteiger partial charge in [0.05, 0.1) is 0 Å². The first-order valence-corrected chi connectivity index (χ1v) is 8.36. The van der Waals surface area contributed by atoms with Gasteiger partial charge in [0.15, 0.2) is 5.78 Å². The maximum absolute atomic E-state index is 12.1. The Kier molecular flexibility index (Phi) is 3.49. The molecule has 0 fully saturated rings. The van der Waals surface area contributed by atoms with Crippen LogP contribution in [0.5, 0.6) is 0 Å². The van der Waals surface area contributed by atoms with Crippen LogP contribution >= 0.6 is 0 Å². The van der Waals surface area contributed by atoms with Crippen LogP contribution in [0.4, 0.5) is 5.69 Å². The lowest BCUT2D eigenvalue weighted by atomic mass is 9.94. The predicted molar refractivity (Wildman–Crippen MR) is 98.6 cm³/mol. The maximum atomic E-state index is 12.1. The highest BCUT2D eigenvalue weighted by molar-refractivity contribution is 6.20. The van der Waals surface area contributed by atoms with Crippen molar-refractivity contribution in [2.24, 2.45) is 0 Å². The van der Waals surface area contributed by atoms with E-state index in [2.05, 4.69) is 43.0 Å². The van der Waals surface area contributed by atoms with E-state index in [0.29, 0.717) is 0 Å². The molecule has 0 saturated carbocycles. The number of ketones is 1. The van der Waals surface area contributed by atoms with Crippen LogP contribution < -0.4 is 4.90 Å². The summed E-state index contributed by atoms with van der Waals surface area (Å²) in [5, 5.41) is 0.924. The Morgan fingerprint density at radius 3 is 2.42 bits per heavy atom. The molecule has 0 aliphatic heterocycles. The summed E-state index contributed by atoms with van der Waals surface area (Å²) in [4.78, 5) is 14.4. The molecule has 1 aliphatic rings. The van der Waals surface area contributed by atoms with Gasteiger partial charge >= 0.3 is 0 Å². The summed E-state index contributed by atoms with van der Waals surface area (Å²) in [7, 11) is 0. The molecule has 1 heterocycles. The van der Waals surface area contributed by atoms with E-state index >= 15 is 0 Å². The lowest BCUT2D eigenvalue weighted by Crippen LogP contribution is -2.21. The highest BCUT2D eigenvalue weighted by Crippen LogP contribution is 2.39. The molecule has 0 amide bonds. The number of carbonyl (C=O) groups excluding carboxylic acids is 1. The third-order valence-electron chi connectivity index (χ3n) is 4.68. The van der Waals surface area contributed by atoms with E-state index in [4.69, 9.17) is 4.42 Å². The van der Waals surface area contributed by atoms with Crippen molar-refractivity contribution >= 4 is 28.5 Å². The van der Waals surface area contributed by atoms with Gasteiger partial charge in [-0.15, -0.1) is 0 Å². The summed E-state index contributed by atoms with van der Waals surface area (Å²) in [6.45, 7) is 6.29. The summed E-state index contributed by atoms with van der Waals surface area (Å²) in [6.07, 6.45) is 3.50. The zero-order chi connectivity index (χ0) is 16.7. The lowest BCUT2D eigenvalue weighted by molar-refractivity contribution is 0.104. The summed E-state index contributed by atoms with van der Waals surface area (Å²) in [6, 6.07) is 14.1. The van der Waals surface area contributed by atoms with Crippen LogP contribution in [0.3, 0.4) is 0 Å². The molecule has 0 spiro atoms. The van der Waals surface area contributed by atoms with Gasteiger partial charge in [-0.05, 0) is 56.3 Å². The number of allylic oxidation sites excluding steroid dienone is 1. The Labute approximate surface area is 141 Å². The number of carbonyl (C=O) groups is 1. The van der Waals surface area contributed by atoms with Gasteiger partial charge in [0.2, 0.25) is 0 Å². The van der Waals surface area contributed by atoms with E-state index in [-0.39, 0.29) is 5.78 Å². The molecule has 1 aromatic heterocycles. The molecule has 0 unspecified atom stereocenters. The van der Waals surface area contributed by atoms with E-state index in [9.17, 15) is 4.79 Å². The Morgan fingerprint density at radius 1 is 0.958 bits per heavy atom. The maximum Gasteiger partial charge on any atom is 0.186 e. The second-order valence-electron chi connectivity index (χ2n) is 5.94. The molecule has 0 radical (unpaired) electrons. The van der Waals surface area contributed by atoms with E-state index in [1.165, 1.54) is 5.69 Å². The van der Waals surface area contributed by atoms with Gasteiger partial charge in [0.1, 0.15) is 11.3 Å². The van der Waals surface area contributed by atoms with Crippen LogP contribution in [0.2, 0.25) is 0 Å². The fourth-order valence-electron chi connectivity index (χ4n) is 3.41. The first kappa shape index (κ1) is 14.8. The molecule has 0 atom stereocenters. The molecule has 3 heteroatoms. The van der Waals surface area contributed by atoms with Crippen molar-refractivity contribution in [1.82, 2.24) is 0 Å². The Bertz CT molecular complexity index is 944. The van der Waals surface area contributed by atoms with Crippen LogP contribution in [0.25, 0.3) is 28.4 Å². The quantitative estimate of drug-likeness (QED) is 0.667. The molecular weight excluding hydrogens is 298 g/mol. The molecular formula is C21H19NO2. The fraction of sp³-hybridized carbons (Fsp3) is 0.190. The van der Waals surface area contributed by atoms with E-state index in [0.717, 1.165) is 46.5 Å². The molecule has 1 aliphatic carbocycles. The molecule has 2 aromatic carbocycles. The minimum absolute atomic E-state index is 0.0392. The molecule has 24 heavy (non-hydrogen) atoms. The normalized spacial score (nSPS) is 12.8. The second kappa shape index (κ2) is 5.68. The van der Waals surface area contributed by atoms with Crippen molar-refractivity contribution in [3.8, 4) is 11.3 Å². The van der Waals surface area contributed by atoms with Crippen LogP contribution in [-0.4, -0.2) is 18.9 Å². The van der Waals surface area contributed by atoms with Gasteiger partial charge in [-0.2, -0.15) is 0 Å². The number of furan rings is 1. The molecule has 3 aromatic rings. The Morgan fingerprint density at radius 2 is 1.71 bits per heavy atom. The van der Waals surface area contributed by atoms with E-state index in [1.54, 1.807) is 6.08 Å². The smallest absolute Gasteiger partial charge is 0.186 e. The van der Waals surface area contributed by atoms with Gasteiger partial charge in [0.25, 0.3) is 0 Å². The Balaban J connectivity index is 1.84.